The van der Waals surface area contributed by atoms with Crippen LogP contribution in [0.2, 0.25) is 0 Å². The fourth-order valence-electron chi connectivity index (χ4n) is 1.81. The van der Waals surface area contributed by atoms with Crippen LogP contribution in [0.15, 0.2) is 30.3 Å². The largest absolute Gasteiger partial charge is 0.394 e. The smallest absolute Gasteiger partial charge is 0.315 e. The number of hydrogen-bond donors (Lipinski definition) is 3. The fourth-order valence-corrected chi connectivity index (χ4v) is 1.81. The van der Waals surface area contributed by atoms with Crippen LogP contribution in [0.4, 0.5) is 10.5 Å². The summed E-state index contributed by atoms with van der Waals surface area (Å²) in [6.45, 7) is 4.48. The summed E-state index contributed by atoms with van der Waals surface area (Å²) in [4.78, 5) is 13.8. The molecule has 20 heavy (non-hydrogen) atoms. The Morgan fingerprint density at radius 1 is 1.35 bits per heavy atom. The highest BCUT2D eigenvalue weighted by atomic mass is 16.3. The molecule has 0 fully saturated rings. The Hall–Kier alpha value is -1.75. The molecule has 0 saturated carbocycles. The molecule has 2 atom stereocenters. The molecule has 0 aromatic heterocycles. The maximum absolute atomic E-state index is 11.7. The van der Waals surface area contributed by atoms with E-state index in [0.29, 0.717) is 13.0 Å². The van der Waals surface area contributed by atoms with Crippen molar-refractivity contribution in [2.45, 2.75) is 32.4 Å². The fraction of sp³-hybridized carbons (Fsp3) is 0.533. The molecule has 0 saturated heterocycles. The van der Waals surface area contributed by atoms with Gasteiger partial charge < -0.3 is 20.6 Å². The van der Waals surface area contributed by atoms with Crippen molar-refractivity contribution < 1.29 is 9.90 Å². The molecule has 0 bridgehead atoms. The molecular weight excluding hydrogens is 254 g/mol. The molecule has 2 amide bonds. The Kier molecular flexibility index (Phi) is 6.87. The highest BCUT2D eigenvalue weighted by Gasteiger charge is 2.13. The van der Waals surface area contributed by atoms with Crippen molar-refractivity contribution in [2.24, 2.45) is 0 Å². The van der Waals surface area contributed by atoms with Gasteiger partial charge in [0, 0.05) is 25.3 Å². The summed E-state index contributed by atoms with van der Waals surface area (Å²) < 4.78 is 0. The van der Waals surface area contributed by atoms with Gasteiger partial charge in [-0.3, -0.25) is 0 Å². The minimum absolute atomic E-state index is 0.0383. The van der Waals surface area contributed by atoms with Crippen LogP contribution in [0.1, 0.15) is 20.3 Å². The van der Waals surface area contributed by atoms with Crippen molar-refractivity contribution in [3.8, 4) is 0 Å². The van der Waals surface area contributed by atoms with Crippen molar-refractivity contribution in [1.29, 1.82) is 0 Å². The Morgan fingerprint density at radius 2 is 2.00 bits per heavy atom. The lowest BCUT2D eigenvalue weighted by Crippen LogP contribution is -2.47. The third-order valence-electron chi connectivity index (χ3n) is 3.43. The van der Waals surface area contributed by atoms with E-state index in [1.807, 2.05) is 44.3 Å². The average molecular weight is 279 g/mol. The van der Waals surface area contributed by atoms with Gasteiger partial charge in [0.1, 0.15) is 0 Å². The van der Waals surface area contributed by atoms with E-state index in [0.717, 1.165) is 5.69 Å². The first-order valence-electron chi connectivity index (χ1n) is 7.01. The molecule has 5 nitrogen and oxygen atoms in total. The van der Waals surface area contributed by atoms with Gasteiger partial charge in [0.2, 0.25) is 0 Å². The predicted octanol–water partition coefficient (Wildman–Crippen LogP) is 1.58. The number of aliphatic hydroxyl groups is 1. The number of amides is 2. The molecule has 0 aliphatic heterocycles. The first-order chi connectivity index (χ1) is 9.58. The summed E-state index contributed by atoms with van der Waals surface area (Å²) in [7, 11) is 2.00. The zero-order valence-electron chi connectivity index (χ0n) is 12.5. The van der Waals surface area contributed by atoms with E-state index in [-0.39, 0.29) is 24.7 Å². The summed E-state index contributed by atoms with van der Waals surface area (Å²) in [5.74, 6) is 0. The quantitative estimate of drug-likeness (QED) is 0.710. The van der Waals surface area contributed by atoms with E-state index in [2.05, 4.69) is 22.5 Å². The first-order valence-corrected chi connectivity index (χ1v) is 7.01. The number of aliphatic hydroxyl groups excluding tert-OH is 1. The summed E-state index contributed by atoms with van der Waals surface area (Å²) in [6, 6.07) is 9.80. The molecule has 3 N–H and O–H groups in total. The standard InChI is InChI=1S/C15H25N3O2/c1-4-13(11-19)17-15(20)16-10-12(2)18(3)14-8-6-5-7-9-14/h5-9,12-13,19H,4,10-11H2,1-3H3,(H2,16,17,20). The van der Waals surface area contributed by atoms with Crippen molar-refractivity contribution >= 4 is 11.7 Å². The molecule has 0 spiro atoms. The van der Waals surface area contributed by atoms with E-state index in [1.54, 1.807) is 0 Å². The number of nitrogens with one attached hydrogen (secondary N) is 2. The van der Waals surface area contributed by atoms with Gasteiger partial charge in [-0.15, -0.1) is 0 Å². The molecule has 1 aromatic carbocycles. The van der Waals surface area contributed by atoms with Crippen LogP contribution in [-0.4, -0.2) is 43.4 Å². The Bertz CT molecular complexity index is 393. The SMILES string of the molecule is CCC(CO)NC(=O)NCC(C)N(C)c1ccccc1. The topological polar surface area (TPSA) is 64.6 Å². The summed E-state index contributed by atoms with van der Waals surface area (Å²) in [5, 5.41) is 14.6. The Labute approximate surface area is 121 Å². The molecule has 1 aromatic rings. The summed E-state index contributed by atoms with van der Waals surface area (Å²) in [6.07, 6.45) is 0.712. The molecule has 0 heterocycles. The molecule has 0 aliphatic carbocycles. The second-order valence-electron chi connectivity index (χ2n) is 4.94. The molecule has 112 valence electrons. The van der Waals surface area contributed by atoms with Crippen LogP contribution in [0.3, 0.4) is 0 Å². The third-order valence-corrected chi connectivity index (χ3v) is 3.43. The van der Waals surface area contributed by atoms with E-state index < -0.39 is 0 Å². The van der Waals surface area contributed by atoms with Crippen molar-refractivity contribution in [3.63, 3.8) is 0 Å². The van der Waals surface area contributed by atoms with Crippen LogP contribution in [0.25, 0.3) is 0 Å². The molecule has 2 unspecified atom stereocenters. The zero-order valence-corrected chi connectivity index (χ0v) is 12.5. The lowest BCUT2D eigenvalue weighted by Gasteiger charge is -2.27. The second-order valence-corrected chi connectivity index (χ2v) is 4.94. The van der Waals surface area contributed by atoms with Gasteiger partial charge in [0.15, 0.2) is 0 Å². The number of anilines is 1. The van der Waals surface area contributed by atoms with Gasteiger partial charge in [0.05, 0.1) is 12.6 Å². The molecule has 1 rings (SSSR count). The Morgan fingerprint density at radius 3 is 2.55 bits per heavy atom. The monoisotopic (exact) mass is 279 g/mol. The molecule has 0 radical (unpaired) electrons. The van der Waals surface area contributed by atoms with Crippen LogP contribution in [0.5, 0.6) is 0 Å². The highest BCUT2D eigenvalue weighted by molar-refractivity contribution is 5.74. The van der Waals surface area contributed by atoms with Crippen LogP contribution in [0, 0.1) is 0 Å². The zero-order chi connectivity index (χ0) is 15.0. The number of hydrogen-bond acceptors (Lipinski definition) is 3. The second kappa shape index (κ2) is 8.43. The van der Waals surface area contributed by atoms with Gasteiger partial charge >= 0.3 is 6.03 Å². The van der Waals surface area contributed by atoms with E-state index >= 15 is 0 Å². The van der Waals surface area contributed by atoms with Crippen LogP contribution < -0.4 is 15.5 Å². The van der Waals surface area contributed by atoms with Crippen molar-refractivity contribution in [3.05, 3.63) is 30.3 Å². The lowest BCUT2D eigenvalue weighted by atomic mass is 10.2. The average Bonchev–Trinajstić information content (AvgIpc) is 2.50. The van der Waals surface area contributed by atoms with Crippen molar-refractivity contribution in [1.82, 2.24) is 10.6 Å². The van der Waals surface area contributed by atoms with Crippen LogP contribution in [-0.2, 0) is 0 Å². The molecule has 0 aliphatic rings. The van der Waals surface area contributed by atoms with Crippen molar-refractivity contribution in [2.75, 3.05) is 25.1 Å². The van der Waals surface area contributed by atoms with E-state index in [9.17, 15) is 4.79 Å². The van der Waals surface area contributed by atoms with Gasteiger partial charge in [-0.1, -0.05) is 25.1 Å². The molecular formula is C15H25N3O2. The first kappa shape index (κ1) is 16.3. The van der Waals surface area contributed by atoms with E-state index in [1.165, 1.54) is 0 Å². The normalized spacial score (nSPS) is 13.4. The number of rotatable bonds is 7. The summed E-state index contributed by atoms with van der Waals surface area (Å²) >= 11 is 0. The van der Waals surface area contributed by atoms with E-state index in [4.69, 9.17) is 5.11 Å². The predicted molar refractivity (Wildman–Crippen MR) is 82.0 cm³/mol. The lowest BCUT2D eigenvalue weighted by molar-refractivity contribution is 0.214. The third kappa shape index (κ3) is 5.09. The number of carbonyl (C=O) groups excluding carboxylic acids is 1. The number of likely N-dealkylation sites (N-methyl/N-ethyl adjacent to an activating group) is 1. The van der Waals surface area contributed by atoms with Gasteiger partial charge in [-0.05, 0) is 25.5 Å². The molecule has 5 heteroatoms. The van der Waals surface area contributed by atoms with Gasteiger partial charge in [-0.25, -0.2) is 4.79 Å². The maximum atomic E-state index is 11.7. The summed E-state index contributed by atoms with van der Waals surface area (Å²) in [5.41, 5.74) is 1.11. The minimum atomic E-state index is -0.237. The number of carbonyl (C=O) groups is 1. The number of nitrogens with zero attached hydrogens (tertiary/aromatic N) is 1. The van der Waals surface area contributed by atoms with Gasteiger partial charge in [-0.2, -0.15) is 0 Å². The number of urea groups is 1. The number of benzene rings is 1. The Balaban J connectivity index is 2.39. The van der Waals surface area contributed by atoms with Crippen LogP contribution >= 0.6 is 0 Å². The highest BCUT2D eigenvalue weighted by Crippen LogP contribution is 2.13. The minimum Gasteiger partial charge on any atom is -0.394 e. The number of para-hydroxylation sites is 1. The van der Waals surface area contributed by atoms with Gasteiger partial charge in [0.25, 0.3) is 0 Å². The maximum Gasteiger partial charge on any atom is 0.315 e.